The molecule has 2 atom stereocenters. The lowest BCUT2D eigenvalue weighted by Gasteiger charge is -2.33. The predicted octanol–water partition coefficient (Wildman–Crippen LogP) is 3.13. The van der Waals surface area contributed by atoms with Gasteiger partial charge >= 0.3 is 0 Å². The second kappa shape index (κ2) is 8.95. The minimum atomic E-state index is -3.26. The smallest absolute Gasteiger partial charge is 0.209 e. The Hall–Kier alpha value is -1.47. The first kappa shape index (κ1) is 20.8. The van der Waals surface area contributed by atoms with Crippen molar-refractivity contribution in [3.8, 4) is 11.1 Å². The van der Waals surface area contributed by atoms with Crippen LogP contribution in [0.25, 0.3) is 11.1 Å². The van der Waals surface area contributed by atoms with Crippen LogP contribution in [0, 0.1) is 5.82 Å². The number of nitrogens with one attached hydrogen (secondary N) is 2. The van der Waals surface area contributed by atoms with Crippen molar-refractivity contribution >= 4 is 22.4 Å². The molecule has 26 heavy (non-hydrogen) atoms. The van der Waals surface area contributed by atoms with Gasteiger partial charge in [-0.1, -0.05) is 36.4 Å². The van der Waals surface area contributed by atoms with Crippen LogP contribution in [0.15, 0.2) is 48.5 Å². The molecule has 2 aromatic carbocycles. The van der Waals surface area contributed by atoms with E-state index in [0.29, 0.717) is 12.0 Å². The topological polar surface area (TPSA) is 58.2 Å². The SMILES string of the molecule is CS(=O)(=O)N[C@@H]1CCCN[C@@H]1Cc1ccc(F)c(-c2ccccc2)c1.Cl. The van der Waals surface area contributed by atoms with Crippen molar-refractivity contribution in [3.63, 3.8) is 0 Å². The maximum atomic E-state index is 14.2. The van der Waals surface area contributed by atoms with Crippen LogP contribution in [0.3, 0.4) is 0 Å². The Balaban J connectivity index is 0.00000243. The van der Waals surface area contributed by atoms with Gasteiger partial charge in [-0.05, 0) is 49.1 Å². The summed E-state index contributed by atoms with van der Waals surface area (Å²) in [5.74, 6) is -0.252. The van der Waals surface area contributed by atoms with E-state index in [4.69, 9.17) is 0 Å². The molecule has 142 valence electrons. The number of halogens is 2. The molecule has 1 heterocycles. The van der Waals surface area contributed by atoms with Gasteiger partial charge in [0.05, 0.1) is 6.26 Å². The molecule has 0 aromatic heterocycles. The number of sulfonamides is 1. The Kier molecular flexibility index (Phi) is 7.17. The first-order valence-corrected chi connectivity index (χ1v) is 10.4. The molecule has 4 nitrogen and oxygen atoms in total. The number of benzene rings is 2. The number of rotatable bonds is 5. The Morgan fingerprint density at radius 3 is 2.62 bits per heavy atom. The zero-order chi connectivity index (χ0) is 17.9. The van der Waals surface area contributed by atoms with E-state index in [9.17, 15) is 12.8 Å². The second-order valence-corrected chi connectivity index (χ2v) is 8.36. The summed E-state index contributed by atoms with van der Waals surface area (Å²) in [6, 6.07) is 14.4. The highest BCUT2D eigenvalue weighted by molar-refractivity contribution is 7.88. The summed E-state index contributed by atoms with van der Waals surface area (Å²) in [6.07, 6.45) is 3.57. The quantitative estimate of drug-likeness (QED) is 0.813. The highest BCUT2D eigenvalue weighted by Gasteiger charge is 2.27. The first-order valence-electron chi connectivity index (χ1n) is 8.47. The monoisotopic (exact) mass is 398 g/mol. The molecule has 0 aliphatic carbocycles. The largest absolute Gasteiger partial charge is 0.312 e. The predicted molar refractivity (Wildman–Crippen MR) is 106 cm³/mol. The van der Waals surface area contributed by atoms with Gasteiger partial charge in [-0.2, -0.15) is 0 Å². The van der Waals surface area contributed by atoms with Gasteiger partial charge in [0, 0.05) is 17.6 Å². The second-order valence-electron chi connectivity index (χ2n) is 6.58. The Morgan fingerprint density at radius 2 is 1.92 bits per heavy atom. The molecule has 1 saturated heterocycles. The zero-order valence-electron chi connectivity index (χ0n) is 14.6. The Labute approximate surface area is 160 Å². The molecular formula is C19H24ClFN2O2S. The minimum absolute atomic E-state index is 0. The van der Waals surface area contributed by atoms with E-state index in [1.807, 2.05) is 36.4 Å². The third kappa shape index (κ3) is 5.51. The van der Waals surface area contributed by atoms with Gasteiger partial charge in [0.15, 0.2) is 0 Å². The average molecular weight is 399 g/mol. The van der Waals surface area contributed by atoms with Crippen LogP contribution in [0.2, 0.25) is 0 Å². The van der Waals surface area contributed by atoms with Crippen LogP contribution >= 0.6 is 12.4 Å². The highest BCUT2D eigenvalue weighted by Crippen LogP contribution is 2.25. The highest BCUT2D eigenvalue weighted by atomic mass is 35.5. The molecule has 0 radical (unpaired) electrons. The average Bonchev–Trinajstić information content (AvgIpc) is 2.58. The van der Waals surface area contributed by atoms with Gasteiger partial charge in [-0.3, -0.25) is 0 Å². The van der Waals surface area contributed by atoms with Crippen molar-refractivity contribution in [2.24, 2.45) is 0 Å². The van der Waals surface area contributed by atoms with Gasteiger partial charge in [0.1, 0.15) is 5.82 Å². The molecule has 7 heteroatoms. The lowest BCUT2D eigenvalue weighted by Crippen LogP contribution is -2.54. The third-order valence-corrected chi connectivity index (χ3v) is 5.25. The fraction of sp³-hybridized carbons (Fsp3) is 0.368. The van der Waals surface area contributed by atoms with Crippen molar-refractivity contribution in [1.82, 2.24) is 10.0 Å². The molecule has 1 aliphatic rings. The molecule has 1 aliphatic heterocycles. The summed E-state index contributed by atoms with van der Waals surface area (Å²) in [7, 11) is -3.26. The van der Waals surface area contributed by atoms with Crippen molar-refractivity contribution in [1.29, 1.82) is 0 Å². The molecule has 0 bridgehead atoms. The number of hydrogen-bond acceptors (Lipinski definition) is 3. The molecule has 0 spiro atoms. The van der Waals surface area contributed by atoms with Crippen LogP contribution in [0.1, 0.15) is 18.4 Å². The van der Waals surface area contributed by atoms with Crippen molar-refractivity contribution in [2.45, 2.75) is 31.3 Å². The summed E-state index contributed by atoms with van der Waals surface area (Å²) < 4.78 is 40.1. The van der Waals surface area contributed by atoms with E-state index in [2.05, 4.69) is 10.0 Å². The van der Waals surface area contributed by atoms with Gasteiger partial charge in [-0.15, -0.1) is 12.4 Å². The minimum Gasteiger partial charge on any atom is -0.312 e. The molecule has 1 fully saturated rings. The number of hydrogen-bond donors (Lipinski definition) is 2. The van der Waals surface area contributed by atoms with Crippen LogP contribution in [-0.2, 0) is 16.4 Å². The molecule has 0 amide bonds. The van der Waals surface area contributed by atoms with Gasteiger partial charge in [0.2, 0.25) is 10.0 Å². The fourth-order valence-electron chi connectivity index (χ4n) is 3.38. The van der Waals surface area contributed by atoms with Gasteiger partial charge in [-0.25, -0.2) is 17.5 Å². The normalized spacial score (nSPS) is 20.4. The molecule has 0 unspecified atom stereocenters. The van der Waals surface area contributed by atoms with Crippen LogP contribution < -0.4 is 10.0 Å². The van der Waals surface area contributed by atoms with E-state index in [-0.39, 0.29) is 30.3 Å². The summed E-state index contributed by atoms with van der Waals surface area (Å²) in [5, 5.41) is 3.39. The summed E-state index contributed by atoms with van der Waals surface area (Å²) >= 11 is 0. The lowest BCUT2D eigenvalue weighted by atomic mass is 9.92. The zero-order valence-corrected chi connectivity index (χ0v) is 16.2. The van der Waals surface area contributed by atoms with E-state index in [1.54, 1.807) is 6.07 Å². The molecule has 0 saturated carbocycles. The summed E-state index contributed by atoms with van der Waals surface area (Å²) in [6.45, 7) is 0.860. The Morgan fingerprint density at radius 1 is 1.19 bits per heavy atom. The fourth-order valence-corrected chi connectivity index (χ4v) is 4.21. The molecular weight excluding hydrogens is 375 g/mol. The molecule has 2 N–H and O–H groups in total. The van der Waals surface area contributed by atoms with E-state index in [1.165, 1.54) is 12.3 Å². The third-order valence-electron chi connectivity index (χ3n) is 4.52. The van der Waals surface area contributed by atoms with E-state index < -0.39 is 10.0 Å². The standard InChI is InChI=1S/C19H23FN2O2S.ClH/c1-25(23,24)22-18-8-5-11-21-19(18)13-14-9-10-17(20)16(12-14)15-6-3-2-4-7-15;/h2-4,6-7,9-10,12,18-19,21-22H,5,8,11,13H2,1H3;1H/t18-,19-;/m1./s1. The van der Waals surface area contributed by atoms with Crippen molar-refractivity contribution < 1.29 is 12.8 Å². The maximum Gasteiger partial charge on any atom is 0.209 e. The van der Waals surface area contributed by atoms with Crippen LogP contribution in [-0.4, -0.2) is 33.3 Å². The Bertz CT molecular complexity index is 831. The first-order chi connectivity index (χ1) is 11.9. The van der Waals surface area contributed by atoms with E-state index in [0.717, 1.165) is 30.5 Å². The summed E-state index contributed by atoms with van der Waals surface area (Å²) in [4.78, 5) is 0. The summed E-state index contributed by atoms with van der Waals surface area (Å²) in [5.41, 5.74) is 2.39. The number of piperidine rings is 1. The van der Waals surface area contributed by atoms with E-state index >= 15 is 0 Å². The molecule has 3 rings (SSSR count). The van der Waals surface area contributed by atoms with Crippen molar-refractivity contribution in [2.75, 3.05) is 12.8 Å². The van der Waals surface area contributed by atoms with Gasteiger partial charge in [0.25, 0.3) is 0 Å². The van der Waals surface area contributed by atoms with Gasteiger partial charge < -0.3 is 5.32 Å². The lowest BCUT2D eigenvalue weighted by molar-refractivity contribution is 0.329. The van der Waals surface area contributed by atoms with Crippen molar-refractivity contribution in [3.05, 3.63) is 59.9 Å². The van der Waals surface area contributed by atoms with Crippen LogP contribution in [0.4, 0.5) is 4.39 Å². The molecule has 2 aromatic rings. The van der Waals surface area contributed by atoms with Crippen LogP contribution in [0.5, 0.6) is 0 Å². The maximum absolute atomic E-state index is 14.2.